The van der Waals surface area contributed by atoms with E-state index < -0.39 is 0 Å². The Morgan fingerprint density at radius 1 is 0.783 bits per heavy atom. The van der Waals surface area contributed by atoms with Gasteiger partial charge < -0.3 is 0 Å². The summed E-state index contributed by atoms with van der Waals surface area (Å²) < 4.78 is 0. The maximum Gasteiger partial charge on any atom is 0.216 e. The molecule has 112 valence electrons. The molecule has 0 aromatic heterocycles. The first-order valence-corrected chi connectivity index (χ1v) is 8.20. The van der Waals surface area contributed by atoms with E-state index in [4.69, 9.17) is 0 Å². The van der Waals surface area contributed by atoms with Gasteiger partial charge in [0, 0.05) is 11.5 Å². The maximum absolute atomic E-state index is 11.8. The third-order valence-electron chi connectivity index (χ3n) is 4.63. The molecule has 0 unspecified atom stereocenters. The summed E-state index contributed by atoms with van der Waals surface area (Å²) in [7, 11) is 0. The van der Waals surface area contributed by atoms with Gasteiger partial charge in [-0.1, -0.05) is 72.8 Å². The predicted octanol–water partition coefficient (Wildman–Crippen LogP) is 5.11. The summed E-state index contributed by atoms with van der Waals surface area (Å²) >= 11 is 4.03. The molecule has 0 amide bonds. The van der Waals surface area contributed by atoms with Crippen molar-refractivity contribution >= 4 is 17.7 Å². The minimum Gasteiger partial charge on any atom is -0.282 e. The minimum atomic E-state index is -0.167. The van der Waals surface area contributed by atoms with Crippen molar-refractivity contribution in [1.29, 1.82) is 0 Å². The Morgan fingerprint density at radius 3 is 1.91 bits per heavy atom. The van der Waals surface area contributed by atoms with E-state index >= 15 is 0 Å². The lowest BCUT2D eigenvalue weighted by atomic mass is 9.88. The fourth-order valence-corrected chi connectivity index (χ4v) is 3.82. The van der Waals surface area contributed by atoms with Crippen LogP contribution >= 0.6 is 12.6 Å². The lowest BCUT2D eigenvalue weighted by molar-refractivity contribution is 0.109. The zero-order valence-electron chi connectivity index (χ0n) is 12.6. The lowest BCUT2D eigenvalue weighted by Crippen LogP contribution is -2.05. The van der Waals surface area contributed by atoms with E-state index in [0.717, 1.165) is 12.0 Å². The van der Waals surface area contributed by atoms with Gasteiger partial charge in [0.1, 0.15) is 0 Å². The van der Waals surface area contributed by atoms with Crippen molar-refractivity contribution in [3.63, 3.8) is 0 Å². The third-order valence-corrected chi connectivity index (χ3v) is 4.88. The van der Waals surface area contributed by atoms with Gasteiger partial charge in [0.15, 0.2) is 0 Å². The molecule has 1 aliphatic rings. The highest BCUT2D eigenvalue weighted by Crippen LogP contribution is 2.46. The molecule has 0 fully saturated rings. The van der Waals surface area contributed by atoms with Crippen LogP contribution in [0.2, 0.25) is 0 Å². The van der Waals surface area contributed by atoms with Crippen molar-refractivity contribution < 1.29 is 4.79 Å². The van der Waals surface area contributed by atoms with Crippen LogP contribution in [0.3, 0.4) is 0 Å². The molecule has 4 rings (SSSR count). The number of fused-ring (bicyclic) bond motifs is 3. The minimum absolute atomic E-state index is 0.167. The van der Waals surface area contributed by atoms with Gasteiger partial charge in [0.05, 0.1) is 0 Å². The fraction of sp³-hybridized carbons (Fsp3) is 0.0952. The SMILES string of the molecule is O=C(S)c1ccccc1CC1c2ccccc2-c2ccccc21. The lowest BCUT2D eigenvalue weighted by Gasteiger charge is -2.15. The number of carbonyl (C=O) groups is 1. The molecule has 23 heavy (non-hydrogen) atoms. The van der Waals surface area contributed by atoms with Gasteiger partial charge >= 0.3 is 0 Å². The molecule has 3 aromatic rings. The second kappa shape index (κ2) is 5.71. The van der Waals surface area contributed by atoms with Crippen LogP contribution in [-0.2, 0) is 6.42 Å². The van der Waals surface area contributed by atoms with Crippen molar-refractivity contribution in [3.8, 4) is 11.1 Å². The second-order valence-electron chi connectivity index (χ2n) is 5.89. The summed E-state index contributed by atoms with van der Waals surface area (Å²) in [6.45, 7) is 0. The summed E-state index contributed by atoms with van der Waals surface area (Å²) in [6, 6.07) is 24.9. The summed E-state index contributed by atoms with van der Waals surface area (Å²) in [5, 5.41) is -0.167. The highest BCUT2D eigenvalue weighted by Gasteiger charge is 2.28. The molecule has 2 heteroatoms. The van der Waals surface area contributed by atoms with Crippen molar-refractivity contribution in [2.24, 2.45) is 0 Å². The van der Waals surface area contributed by atoms with Crippen LogP contribution < -0.4 is 0 Å². The average Bonchev–Trinajstić information content (AvgIpc) is 2.90. The van der Waals surface area contributed by atoms with Gasteiger partial charge in [-0.2, -0.15) is 0 Å². The average molecular weight is 316 g/mol. The van der Waals surface area contributed by atoms with Crippen LogP contribution in [0.1, 0.15) is 33.0 Å². The van der Waals surface area contributed by atoms with Crippen LogP contribution in [0.25, 0.3) is 11.1 Å². The first kappa shape index (κ1) is 14.3. The molecule has 0 atom stereocenters. The topological polar surface area (TPSA) is 17.1 Å². The highest BCUT2D eigenvalue weighted by molar-refractivity contribution is 7.97. The molecule has 1 aliphatic carbocycles. The van der Waals surface area contributed by atoms with E-state index in [-0.39, 0.29) is 11.0 Å². The summed E-state index contributed by atoms with van der Waals surface area (Å²) in [4.78, 5) is 11.8. The Morgan fingerprint density at radius 2 is 1.30 bits per heavy atom. The molecule has 0 saturated heterocycles. The molecular formula is C21H16OS. The molecule has 0 heterocycles. The largest absolute Gasteiger partial charge is 0.282 e. The smallest absolute Gasteiger partial charge is 0.216 e. The van der Waals surface area contributed by atoms with Gasteiger partial charge in [-0.15, -0.1) is 12.6 Å². The Balaban J connectivity index is 1.83. The predicted molar refractivity (Wildman–Crippen MR) is 97.2 cm³/mol. The summed E-state index contributed by atoms with van der Waals surface area (Å²) in [6.07, 6.45) is 0.816. The molecule has 0 aliphatic heterocycles. The number of benzene rings is 3. The van der Waals surface area contributed by atoms with E-state index in [9.17, 15) is 4.79 Å². The third kappa shape index (κ3) is 2.40. The number of hydrogen-bond acceptors (Lipinski definition) is 1. The molecule has 0 bridgehead atoms. The van der Waals surface area contributed by atoms with E-state index in [2.05, 4.69) is 61.2 Å². The summed E-state index contributed by atoms with van der Waals surface area (Å²) in [5.74, 6) is 0.288. The van der Waals surface area contributed by atoms with Crippen LogP contribution in [0.5, 0.6) is 0 Å². The summed E-state index contributed by atoms with van der Waals surface area (Å²) in [5.41, 5.74) is 7.07. The van der Waals surface area contributed by atoms with Crippen molar-refractivity contribution in [2.45, 2.75) is 12.3 Å². The number of hydrogen-bond donors (Lipinski definition) is 1. The van der Waals surface area contributed by atoms with Crippen LogP contribution in [0.15, 0.2) is 72.8 Å². The van der Waals surface area contributed by atoms with Crippen LogP contribution in [0.4, 0.5) is 0 Å². The van der Waals surface area contributed by atoms with Gasteiger partial charge in [0.25, 0.3) is 0 Å². The molecule has 0 radical (unpaired) electrons. The van der Waals surface area contributed by atoms with Gasteiger partial charge in [-0.3, -0.25) is 4.79 Å². The monoisotopic (exact) mass is 316 g/mol. The van der Waals surface area contributed by atoms with E-state index in [1.54, 1.807) is 0 Å². The Kier molecular flexibility index (Phi) is 3.55. The molecule has 0 spiro atoms. The van der Waals surface area contributed by atoms with E-state index in [1.807, 2.05) is 24.3 Å². The van der Waals surface area contributed by atoms with Crippen molar-refractivity contribution in [1.82, 2.24) is 0 Å². The number of carbonyl (C=O) groups excluding carboxylic acids is 1. The van der Waals surface area contributed by atoms with Crippen LogP contribution in [-0.4, -0.2) is 5.12 Å². The van der Waals surface area contributed by atoms with Gasteiger partial charge in [0.2, 0.25) is 5.12 Å². The standard InChI is InChI=1S/C21H16OS/c22-21(23)15-8-2-1-7-14(15)13-20-18-11-5-3-9-16(18)17-10-4-6-12-19(17)20/h1-12,20H,13H2,(H,22,23). The van der Waals surface area contributed by atoms with Crippen molar-refractivity contribution in [3.05, 3.63) is 95.1 Å². The normalized spacial score (nSPS) is 12.7. The van der Waals surface area contributed by atoms with E-state index in [1.165, 1.54) is 22.3 Å². The van der Waals surface area contributed by atoms with Gasteiger partial charge in [-0.05, 0) is 34.2 Å². The molecule has 0 saturated carbocycles. The fourth-order valence-electron chi connectivity index (χ4n) is 3.61. The Bertz CT molecular complexity index is 852. The molecule has 3 aromatic carbocycles. The highest BCUT2D eigenvalue weighted by atomic mass is 32.1. The second-order valence-corrected chi connectivity index (χ2v) is 6.30. The van der Waals surface area contributed by atoms with Crippen molar-refractivity contribution in [2.75, 3.05) is 0 Å². The first-order chi connectivity index (χ1) is 11.3. The van der Waals surface area contributed by atoms with Crippen LogP contribution in [0, 0.1) is 0 Å². The Labute approximate surface area is 141 Å². The quantitative estimate of drug-likeness (QED) is 0.664. The maximum atomic E-state index is 11.8. The zero-order valence-corrected chi connectivity index (χ0v) is 13.5. The van der Waals surface area contributed by atoms with Gasteiger partial charge in [-0.25, -0.2) is 0 Å². The molecular weight excluding hydrogens is 300 g/mol. The zero-order chi connectivity index (χ0) is 15.8. The Hall–Kier alpha value is -2.32. The molecule has 0 N–H and O–H groups in total. The number of thiol groups is 1. The molecule has 1 nitrogen and oxygen atoms in total. The number of rotatable bonds is 3. The van der Waals surface area contributed by atoms with E-state index in [0.29, 0.717) is 5.56 Å². The first-order valence-electron chi connectivity index (χ1n) is 7.75.